The largest absolute Gasteiger partial charge is 0.301 e. The van der Waals surface area contributed by atoms with E-state index in [0.29, 0.717) is 6.04 Å². The van der Waals surface area contributed by atoms with Gasteiger partial charge in [0, 0.05) is 22.8 Å². The lowest BCUT2D eigenvalue weighted by Gasteiger charge is -2.16. The molecule has 0 amide bonds. The van der Waals surface area contributed by atoms with Crippen LogP contribution in [0.4, 0.5) is 0 Å². The maximum Gasteiger partial charge on any atom is 0.115 e. The van der Waals surface area contributed by atoms with E-state index in [0.717, 1.165) is 12.1 Å². The Bertz CT molecular complexity index is 604. The minimum Gasteiger partial charge on any atom is -0.301 e. The van der Waals surface area contributed by atoms with Crippen LogP contribution in [0.2, 0.25) is 0 Å². The molecule has 2 aliphatic carbocycles. The summed E-state index contributed by atoms with van der Waals surface area (Å²) in [5, 5.41) is 5.00. The molecular weight excluding hydrogens is 278 g/mol. The lowest BCUT2D eigenvalue weighted by Crippen LogP contribution is -2.24. The Morgan fingerprint density at radius 1 is 1.24 bits per heavy atom. The van der Waals surface area contributed by atoms with Crippen molar-refractivity contribution in [1.29, 1.82) is 0 Å². The molecule has 1 atom stereocenters. The lowest BCUT2D eigenvalue weighted by molar-refractivity contribution is 0.592. The van der Waals surface area contributed by atoms with Crippen molar-refractivity contribution in [2.45, 2.75) is 57.5 Å². The average Bonchev–Trinajstić information content (AvgIpc) is 3.22. The van der Waals surface area contributed by atoms with Crippen LogP contribution in [0.5, 0.6) is 0 Å². The second-order valence-electron chi connectivity index (χ2n) is 6.24. The van der Waals surface area contributed by atoms with Gasteiger partial charge >= 0.3 is 0 Å². The van der Waals surface area contributed by atoms with Crippen LogP contribution in [-0.4, -0.2) is 16.0 Å². The van der Waals surface area contributed by atoms with E-state index in [2.05, 4.69) is 22.4 Å². The van der Waals surface area contributed by atoms with Crippen LogP contribution >= 0.6 is 11.3 Å². The molecule has 0 aliphatic heterocycles. The number of nitrogens with zero attached hydrogens (tertiary/aromatic N) is 2. The molecule has 1 saturated carbocycles. The van der Waals surface area contributed by atoms with E-state index in [4.69, 9.17) is 4.98 Å². The van der Waals surface area contributed by atoms with Crippen LogP contribution in [0.3, 0.4) is 0 Å². The molecule has 0 saturated heterocycles. The maximum atomic E-state index is 4.96. The van der Waals surface area contributed by atoms with E-state index in [1.807, 2.05) is 24.5 Å². The van der Waals surface area contributed by atoms with Gasteiger partial charge in [0.2, 0.25) is 0 Å². The summed E-state index contributed by atoms with van der Waals surface area (Å²) >= 11 is 1.91. The Balaban J connectivity index is 1.67. The van der Waals surface area contributed by atoms with Gasteiger partial charge in [-0.2, -0.15) is 0 Å². The molecule has 21 heavy (non-hydrogen) atoms. The zero-order valence-electron chi connectivity index (χ0n) is 12.4. The molecule has 3 nitrogen and oxygen atoms in total. The number of rotatable bonds is 4. The van der Waals surface area contributed by atoms with Gasteiger partial charge in [-0.05, 0) is 57.1 Å². The molecule has 2 aromatic heterocycles. The van der Waals surface area contributed by atoms with E-state index in [1.54, 1.807) is 0 Å². The minimum absolute atomic E-state index is 0.223. The van der Waals surface area contributed by atoms with Gasteiger partial charge in [-0.25, -0.2) is 4.98 Å². The summed E-state index contributed by atoms with van der Waals surface area (Å²) in [6.45, 7) is 2.04. The van der Waals surface area contributed by atoms with E-state index < -0.39 is 0 Å². The van der Waals surface area contributed by atoms with Crippen LogP contribution < -0.4 is 5.32 Å². The van der Waals surface area contributed by atoms with Gasteiger partial charge in [-0.1, -0.05) is 6.07 Å². The first-order chi connectivity index (χ1) is 10.3. The van der Waals surface area contributed by atoms with Gasteiger partial charge in [0.1, 0.15) is 5.01 Å². The van der Waals surface area contributed by atoms with Gasteiger partial charge in [-0.15, -0.1) is 11.3 Å². The predicted octanol–water partition coefficient (Wildman–Crippen LogP) is 3.57. The van der Waals surface area contributed by atoms with E-state index in [1.165, 1.54) is 53.2 Å². The van der Waals surface area contributed by atoms with Crippen molar-refractivity contribution in [1.82, 2.24) is 15.3 Å². The summed E-state index contributed by atoms with van der Waals surface area (Å²) < 4.78 is 0. The number of pyridine rings is 1. The fourth-order valence-electron chi connectivity index (χ4n) is 2.94. The Kier molecular flexibility index (Phi) is 3.51. The molecule has 0 bridgehead atoms. The van der Waals surface area contributed by atoms with Gasteiger partial charge in [0.25, 0.3) is 0 Å². The normalized spacial score (nSPS) is 19.3. The highest BCUT2D eigenvalue weighted by Gasteiger charge is 2.29. The first kappa shape index (κ1) is 13.4. The number of thiazole rings is 1. The Morgan fingerprint density at radius 2 is 2.10 bits per heavy atom. The second-order valence-corrected chi connectivity index (χ2v) is 7.35. The molecule has 1 N–H and O–H groups in total. The molecule has 2 aliphatic rings. The topological polar surface area (TPSA) is 37.8 Å². The van der Waals surface area contributed by atoms with Crippen LogP contribution in [0.25, 0.3) is 0 Å². The van der Waals surface area contributed by atoms with Gasteiger partial charge in [0.05, 0.1) is 11.7 Å². The zero-order valence-corrected chi connectivity index (χ0v) is 13.2. The molecule has 2 heterocycles. The van der Waals surface area contributed by atoms with Crippen molar-refractivity contribution in [2.24, 2.45) is 0 Å². The van der Waals surface area contributed by atoms with Crippen LogP contribution in [0.1, 0.15) is 58.6 Å². The second kappa shape index (κ2) is 5.50. The standard InChI is InChI=1S/C17H21N3S/c1-11-6-7-12(10-18-11)16(19-13-8-9-13)17-20-14-4-2-3-5-15(14)21-17/h6-7,10,13,16,19H,2-5,8-9H2,1H3. The van der Waals surface area contributed by atoms with Crippen molar-refractivity contribution < 1.29 is 0 Å². The number of hydrogen-bond acceptors (Lipinski definition) is 4. The predicted molar refractivity (Wildman–Crippen MR) is 85.7 cm³/mol. The number of aryl methyl sites for hydroxylation is 3. The highest BCUT2D eigenvalue weighted by atomic mass is 32.1. The fraction of sp³-hybridized carbons (Fsp3) is 0.529. The summed E-state index contributed by atoms with van der Waals surface area (Å²) in [4.78, 5) is 10.9. The highest BCUT2D eigenvalue weighted by Crippen LogP contribution is 2.34. The Morgan fingerprint density at radius 3 is 2.81 bits per heavy atom. The fourth-order valence-corrected chi connectivity index (χ4v) is 4.18. The molecule has 1 fully saturated rings. The molecule has 0 aromatic carbocycles. The van der Waals surface area contributed by atoms with E-state index >= 15 is 0 Å². The van der Waals surface area contributed by atoms with Crippen molar-refractivity contribution in [3.05, 3.63) is 45.2 Å². The van der Waals surface area contributed by atoms with Crippen LogP contribution in [0, 0.1) is 6.92 Å². The highest BCUT2D eigenvalue weighted by molar-refractivity contribution is 7.11. The quantitative estimate of drug-likeness (QED) is 0.938. The maximum absolute atomic E-state index is 4.96. The molecule has 110 valence electrons. The van der Waals surface area contributed by atoms with Crippen molar-refractivity contribution in [2.75, 3.05) is 0 Å². The molecule has 0 radical (unpaired) electrons. The first-order valence-electron chi connectivity index (χ1n) is 7.96. The van der Waals surface area contributed by atoms with E-state index in [9.17, 15) is 0 Å². The van der Waals surface area contributed by atoms with Crippen molar-refractivity contribution in [3.8, 4) is 0 Å². The molecule has 2 aromatic rings. The lowest BCUT2D eigenvalue weighted by atomic mass is 10.0. The number of nitrogens with one attached hydrogen (secondary N) is 1. The number of aromatic nitrogens is 2. The van der Waals surface area contributed by atoms with Crippen LogP contribution in [0.15, 0.2) is 18.3 Å². The molecule has 4 rings (SSSR count). The van der Waals surface area contributed by atoms with Gasteiger partial charge < -0.3 is 5.32 Å². The van der Waals surface area contributed by atoms with Gasteiger partial charge in [0.15, 0.2) is 0 Å². The molecular formula is C17H21N3S. The third kappa shape index (κ3) is 2.87. The number of fused-ring (bicyclic) bond motifs is 1. The van der Waals surface area contributed by atoms with Gasteiger partial charge in [-0.3, -0.25) is 4.98 Å². The monoisotopic (exact) mass is 299 g/mol. The Labute approximate surface area is 129 Å². The minimum atomic E-state index is 0.223. The molecule has 1 unspecified atom stereocenters. The summed E-state index contributed by atoms with van der Waals surface area (Å²) in [7, 11) is 0. The number of hydrogen-bond donors (Lipinski definition) is 1. The Hall–Kier alpha value is -1.26. The van der Waals surface area contributed by atoms with Crippen molar-refractivity contribution in [3.63, 3.8) is 0 Å². The first-order valence-corrected chi connectivity index (χ1v) is 8.78. The average molecular weight is 299 g/mol. The smallest absolute Gasteiger partial charge is 0.115 e. The summed E-state index contributed by atoms with van der Waals surface area (Å²) in [5.74, 6) is 0. The molecule has 4 heteroatoms. The SMILES string of the molecule is Cc1ccc(C(NC2CC2)c2nc3c(s2)CCCC3)cn1. The third-order valence-corrected chi connectivity index (χ3v) is 5.58. The van der Waals surface area contributed by atoms with E-state index in [-0.39, 0.29) is 6.04 Å². The molecule has 0 spiro atoms. The third-order valence-electron chi connectivity index (χ3n) is 4.36. The van der Waals surface area contributed by atoms with Crippen LogP contribution in [-0.2, 0) is 12.8 Å². The van der Waals surface area contributed by atoms with Crippen molar-refractivity contribution >= 4 is 11.3 Å². The zero-order chi connectivity index (χ0) is 14.2. The summed E-state index contributed by atoms with van der Waals surface area (Å²) in [5.41, 5.74) is 3.67. The summed E-state index contributed by atoms with van der Waals surface area (Å²) in [6, 6.07) is 5.19. The summed E-state index contributed by atoms with van der Waals surface area (Å²) in [6.07, 6.45) is 9.59.